The summed E-state index contributed by atoms with van der Waals surface area (Å²) in [7, 11) is 0. The van der Waals surface area contributed by atoms with Gasteiger partial charge in [-0.05, 0) is 25.0 Å². The van der Waals surface area contributed by atoms with Gasteiger partial charge in [-0.15, -0.1) is 0 Å². The van der Waals surface area contributed by atoms with Crippen LogP contribution in [0.4, 0.5) is 0 Å². The lowest BCUT2D eigenvalue weighted by atomic mass is 9.99. The summed E-state index contributed by atoms with van der Waals surface area (Å²) in [6.07, 6.45) is 3.39. The lowest BCUT2D eigenvalue weighted by Crippen LogP contribution is -2.34. The summed E-state index contributed by atoms with van der Waals surface area (Å²) in [4.78, 5) is 15.9. The van der Waals surface area contributed by atoms with E-state index in [0.29, 0.717) is 19.8 Å². The van der Waals surface area contributed by atoms with Crippen molar-refractivity contribution in [2.24, 2.45) is 5.92 Å². The van der Waals surface area contributed by atoms with Gasteiger partial charge in [0.05, 0.1) is 12.2 Å². The molecule has 0 aliphatic carbocycles. The number of amides is 1. The predicted molar refractivity (Wildman–Crippen MR) is 59.6 cm³/mol. The topological polar surface area (TPSA) is 51.2 Å². The number of nitrogens with zero attached hydrogens (tertiary/aromatic N) is 1. The normalized spacial score (nSPS) is 17.0. The van der Waals surface area contributed by atoms with Crippen molar-refractivity contribution in [2.75, 3.05) is 13.2 Å². The number of hydrogen-bond donors (Lipinski definition) is 1. The van der Waals surface area contributed by atoms with E-state index in [4.69, 9.17) is 4.74 Å². The van der Waals surface area contributed by atoms with E-state index in [-0.39, 0.29) is 11.8 Å². The van der Waals surface area contributed by atoms with E-state index >= 15 is 0 Å². The van der Waals surface area contributed by atoms with Crippen molar-refractivity contribution in [2.45, 2.75) is 19.4 Å². The Kier molecular flexibility index (Phi) is 3.88. The van der Waals surface area contributed by atoms with Crippen LogP contribution in [0.3, 0.4) is 0 Å². The fraction of sp³-hybridized carbons (Fsp3) is 0.500. The number of nitrogens with one attached hydrogen (secondary N) is 1. The molecule has 2 rings (SSSR count). The second-order valence-electron chi connectivity index (χ2n) is 3.93. The number of pyridine rings is 1. The molecule has 0 aromatic carbocycles. The van der Waals surface area contributed by atoms with E-state index in [1.165, 1.54) is 0 Å². The van der Waals surface area contributed by atoms with Crippen LogP contribution >= 0.6 is 0 Å². The Morgan fingerprint density at radius 3 is 2.94 bits per heavy atom. The maximum atomic E-state index is 11.8. The Balaban J connectivity index is 1.79. The van der Waals surface area contributed by atoms with Crippen molar-refractivity contribution < 1.29 is 9.53 Å². The zero-order chi connectivity index (χ0) is 11.2. The summed E-state index contributed by atoms with van der Waals surface area (Å²) >= 11 is 0. The average Bonchev–Trinajstić information content (AvgIpc) is 2.38. The molecule has 1 amide bonds. The summed E-state index contributed by atoms with van der Waals surface area (Å²) in [6.45, 7) is 1.90. The van der Waals surface area contributed by atoms with Crippen LogP contribution in [0.2, 0.25) is 0 Å². The van der Waals surface area contributed by atoms with Crippen molar-refractivity contribution in [1.82, 2.24) is 10.3 Å². The SMILES string of the molecule is O=C(NCc1ccccn1)C1CCOCC1. The monoisotopic (exact) mass is 220 g/mol. The van der Waals surface area contributed by atoms with Crippen LogP contribution < -0.4 is 5.32 Å². The molecule has 1 aromatic heterocycles. The Labute approximate surface area is 95.0 Å². The van der Waals surface area contributed by atoms with Gasteiger partial charge in [0, 0.05) is 25.3 Å². The Morgan fingerprint density at radius 1 is 1.44 bits per heavy atom. The highest BCUT2D eigenvalue weighted by atomic mass is 16.5. The molecule has 0 saturated carbocycles. The second-order valence-corrected chi connectivity index (χ2v) is 3.93. The van der Waals surface area contributed by atoms with Crippen molar-refractivity contribution in [3.8, 4) is 0 Å². The lowest BCUT2D eigenvalue weighted by molar-refractivity contribution is -0.128. The average molecular weight is 220 g/mol. The van der Waals surface area contributed by atoms with Crippen LogP contribution in [0.5, 0.6) is 0 Å². The molecule has 1 aliphatic rings. The first kappa shape index (κ1) is 11.1. The Hall–Kier alpha value is -1.42. The van der Waals surface area contributed by atoms with E-state index in [1.807, 2.05) is 18.2 Å². The molecule has 1 aliphatic heterocycles. The zero-order valence-corrected chi connectivity index (χ0v) is 9.19. The van der Waals surface area contributed by atoms with Gasteiger partial charge in [0.15, 0.2) is 0 Å². The van der Waals surface area contributed by atoms with Crippen LogP contribution in [0.15, 0.2) is 24.4 Å². The molecule has 1 fully saturated rings. The van der Waals surface area contributed by atoms with Crippen LogP contribution in [0.25, 0.3) is 0 Å². The third-order valence-corrected chi connectivity index (χ3v) is 2.76. The third-order valence-electron chi connectivity index (χ3n) is 2.76. The Bertz CT molecular complexity index is 334. The van der Waals surface area contributed by atoms with Crippen LogP contribution in [-0.2, 0) is 16.1 Å². The number of rotatable bonds is 3. The van der Waals surface area contributed by atoms with Crippen LogP contribution in [0.1, 0.15) is 18.5 Å². The standard InChI is InChI=1S/C12H16N2O2/c15-12(10-4-7-16-8-5-10)14-9-11-3-1-2-6-13-11/h1-3,6,10H,4-5,7-9H2,(H,14,15). The quantitative estimate of drug-likeness (QED) is 0.830. The summed E-state index contributed by atoms with van der Waals surface area (Å²) in [5.41, 5.74) is 0.892. The van der Waals surface area contributed by atoms with Gasteiger partial charge in [0.2, 0.25) is 5.91 Å². The number of carbonyl (C=O) groups is 1. The summed E-state index contributed by atoms with van der Waals surface area (Å²) in [5.74, 6) is 0.228. The molecular weight excluding hydrogens is 204 g/mol. The van der Waals surface area contributed by atoms with Gasteiger partial charge in [-0.25, -0.2) is 0 Å². The molecular formula is C12H16N2O2. The molecule has 2 heterocycles. The molecule has 0 spiro atoms. The first-order valence-electron chi connectivity index (χ1n) is 5.61. The second kappa shape index (κ2) is 5.61. The number of carbonyl (C=O) groups excluding carboxylic acids is 1. The van der Waals surface area contributed by atoms with Crippen molar-refractivity contribution in [1.29, 1.82) is 0 Å². The van der Waals surface area contributed by atoms with E-state index in [2.05, 4.69) is 10.3 Å². The van der Waals surface area contributed by atoms with Crippen LogP contribution in [0, 0.1) is 5.92 Å². The minimum absolute atomic E-state index is 0.109. The van der Waals surface area contributed by atoms with Gasteiger partial charge in [-0.3, -0.25) is 9.78 Å². The zero-order valence-electron chi connectivity index (χ0n) is 9.19. The molecule has 1 saturated heterocycles. The summed E-state index contributed by atoms with van der Waals surface area (Å²) in [5, 5.41) is 2.91. The predicted octanol–water partition coefficient (Wildman–Crippen LogP) is 1.12. The molecule has 0 bridgehead atoms. The van der Waals surface area contributed by atoms with Gasteiger partial charge < -0.3 is 10.1 Å². The maximum Gasteiger partial charge on any atom is 0.223 e. The van der Waals surface area contributed by atoms with E-state index in [0.717, 1.165) is 18.5 Å². The lowest BCUT2D eigenvalue weighted by Gasteiger charge is -2.21. The van der Waals surface area contributed by atoms with Gasteiger partial charge in [-0.1, -0.05) is 6.07 Å². The molecule has 1 N–H and O–H groups in total. The van der Waals surface area contributed by atoms with Gasteiger partial charge in [0.25, 0.3) is 0 Å². The van der Waals surface area contributed by atoms with E-state index < -0.39 is 0 Å². The largest absolute Gasteiger partial charge is 0.381 e. The smallest absolute Gasteiger partial charge is 0.223 e. The first-order valence-corrected chi connectivity index (χ1v) is 5.61. The fourth-order valence-electron chi connectivity index (χ4n) is 1.78. The molecule has 1 aromatic rings. The highest BCUT2D eigenvalue weighted by Crippen LogP contribution is 2.14. The van der Waals surface area contributed by atoms with Crippen LogP contribution in [-0.4, -0.2) is 24.1 Å². The molecule has 4 heteroatoms. The highest BCUT2D eigenvalue weighted by molar-refractivity contribution is 5.78. The van der Waals surface area contributed by atoms with Gasteiger partial charge in [-0.2, -0.15) is 0 Å². The molecule has 0 radical (unpaired) electrons. The van der Waals surface area contributed by atoms with Crippen molar-refractivity contribution >= 4 is 5.91 Å². The third kappa shape index (κ3) is 3.03. The first-order chi connectivity index (χ1) is 7.86. The molecule has 16 heavy (non-hydrogen) atoms. The number of hydrogen-bond acceptors (Lipinski definition) is 3. The van der Waals surface area contributed by atoms with Gasteiger partial charge >= 0.3 is 0 Å². The van der Waals surface area contributed by atoms with Crippen molar-refractivity contribution in [3.05, 3.63) is 30.1 Å². The maximum absolute atomic E-state index is 11.8. The molecule has 86 valence electrons. The van der Waals surface area contributed by atoms with E-state index in [1.54, 1.807) is 6.20 Å². The van der Waals surface area contributed by atoms with Crippen molar-refractivity contribution in [3.63, 3.8) is 0 Å². The number of aromatic nitrogens is 1. The minimum Gasteiger partial charge on any atom is -0.381 e. The Morgan fingerprint density at radius 2 is 2.25 bits per heavy atom. The molecule has 4 nitrogen and oxygen atoms in total. The highest BCUT2D eigenvalue weighted by Gasteiger charge is 2.20. The van der Waals surface area contributed by atoms with E-state index in [9.17, 15) is 4.79 Å². The van der Waals surface area contributed by atoms with Gasteiger partial charge in [0.1, 0.15) is 0 Å². The summed E-state index contributed by atoms with van der Waals surface area (Å²) in [6, 6.07) is 5.69. The minimum atomic E-state index is 0.109. The fourth-order valence-corrected chi connectivity index (χ4v) is 1.78. The summed E-state index contributed by atoms with van der Waals surface area (Å²) < 4.78 is 5.22. The number of ether oxygens (including phenoxy) is 1. The molecule has 0 unspecified atom stereocenters. The molecule has 0 atom stereocenters.